The fourth-order valence-electron chi connectivity index (χ4n) is 1.27. The van der Waals surface area contributed by atoms with E-state index in [2.05, 4.69) is 26.2 Å². The van der Waals surface area contributed by atoms with Gasteiger partial charge in [0, 0.05) is 6.04 Å². The van der Waals surface area contributed by atoms with Crippen LogP contribution in [0.3, 0.4) is 0 Å². The Morgan fingerprint density at radius 2 is 1.95 bits per heavy atom. The molecule has 0 aliphatic heterocycles. The van der Waals surface area contributed by atoms with Crippen LogP contribution in [-0.2, 0) is 11.3 Å². The Bertz CT molecular complexity index is 533. The molecule has 8 nitrogen and oxygen atoms in total. The summed E-state index contributed by atoms with van der Waals surface area (Å²) in [6.07, 6.45) is -4.48. The van der Waals surface area contributed by atoms with Gasteiger partial charge in [-0.2, -0.15) is 13.2 Å². The van der Waals surface area contributed by atoms with Gasteiger partial charge < -0.3 is 5.32 Å². The van der Waals surface area contributed by atoms with Crippen LogP contribution in [0, 0.1) is 0 Å². The predicted molar refractivity (Wildman–Crippen MR) is 71.0 cm³/mol. The summed E-state index contributed by atoms with van der Waals surface area (Å²) >= 11 is 0.721. The van der Waals surface area contributed by atoms with Gasteiger partial charge in [-0.3, -0.25) is 10.1 Å². The fourth-order valence-corrected chi connectivity index (χ4v) is 2.06. The van der Waals surface area contributed by atoms with Crippen LogP contribution in [0.25, 0.3) is 0 Å². The van der Waals surface area contributed by atoms with Gasteiger partial charge in [0.05, 0.1) is 5.25 Å². The first-order valence-electron chi connectivity index (χ1n) is 6.19. The van der Waals surface area contributed by atoms with Crippen molar-refractivity contribution in [3.05, 3.63) is 0 Å². The molecule has 0 bridgehead atoms. The first kappa shape index (κ1) is 18.2. The van der Waals surface area contributed by atoms with E-state index in [1.165, 1.54) is 6.92 Å². The normalized spacial score (nSPS) is 13.0. The molecule has 124 valence electrons. The summed E-state index contributed by atoms with van der Waals surface area (Å²) in [4.78, 5) is 23.1. The molecule has 0 unspecified atom stereocenters. The second kappa shape index (κ2) is 7.42. The quantitative estimate of drug-likeness (QED) is 0.774. The maximum absolute atomic E-state index is 12.3. The Kier molecular flexibility index (Phi) is 6.14. The van der Waals surface area contributed by atoms with Gasteiger partial charge in [0.2, 0.25) is 11.1 Å². The number of urea groups is 1. The molecule has 0 saturated carbocycles. The van der Waals surface area contributed by atoms with Crippen molar-refractivity contribution in [1.29, 1.82) is 0 Å². The Hall–Kier alpha value is -1.85. The van der Waals surface area contributed by atoms with Crippen LogP contribution in [0.15, 0.2) is 5.16 Å². The van der Waals surface area contributed by atoms with Gasteiger partial charge in [-0.15, -0.1) is 5.10 Å². The summed E-state index contributed by atoms with van der Waals surface area (Å²) in [7, 11) is 0. The number of nitrogens with zero attached hydrogens (tertiary/aromatic N) is 4. The lowest BCUT2D eigenvalue weighted by Gasteiger charge is -2.13. The second-order valence-electron chi connectivity index (χ2n) is 4.61. The highest BCUT2D eigenvalue weighted by Gasteiger charge is 2.31. The van der Waals surface area contributed by atoms with Gasteiger partial charge in [-0.25, -0.2) is 9.48 Å². The minimum absolute atomic E-state index is 0.158. The average Bonchev–Trinajstić information content (AvgIpc) is 2.72. The van der Waals surface area contributed by atoms with Gasteiger partial charge in [-0.1, -0.05) is 11.8 Å². The first-order chi connectivity index (χ1) is 10.1. The molecule has 0 aromatic carbocycles. The number of imide groups is 1. The number of halogens is 3. The SMILES string of the molecule is CC(C)NC(=O)NC(=O)[C@H](C)Sc1nnnn1CC(F)(F)F. The summed E-state index contributed by atoms with van der Waals surface area (Å²) in [6, 6.07) is -0.836. The van der Waals surface area contributed by atoms with E-state index in [4.69, 9.17) is 0 Å². The van der Waals surface area contributed by atoms with Crippen molar-refractivity contribution in [2.45, 2.75) is 49.9 Å². The van der Waals surface area contributed by atoms with E-state index in [1.807, 2.05) is 0 Å². The van der Waals surface area contributed by atoms with Crippen molar-refractivity contribution < 1.29 is 22.8 Å². The summed E-state index contributed by atoms with van der Waals surface area (Å²) in [5.74, 6) is -0.662. The zero-order valence-electron chi connectivity index (χ0n) is 12.0. The van der Waals surface area contributed by atoms with Crippen LogP contribution >= 0.6 is 11.8 Å². The molecule has 0 spiro atoms. The molecule has 0 aliphatic rings. The van der Waals surface area contributed by atoms with E-state index in [-0.39, 0.29) is 11.2 Å². The lowest BCUT2D eigenvalue weighted by Crippen LogP contribution is -2.45. The molecule has 1 rings (SSSR count). The van der Waals surface area contributed by atoms with Crippen molar-refractivity contribution in [2.24, 2.45) is 0 Å². The fraction of sp³-hybridized carbons (Fsp3) is 0.700. The molecule has 1 aromatic rings. The molecule has 12 heteroatoms. The average molecular weight is 340 g/mol. The van der Waals surface area contributed by atoms with Crippen LogP contribution in [0.5, 0.6) is 0 Å². The number of amides is 3. The summed E-state index contributed by atoms with van der Waals surface area (Å²) in [5.41, 5.74) is 0. The van der Waals surface area contributed by atoms with Gasteiger partial charge in [0.15, 0.2) is 0 Å². The number of carbonyl (C=O) groups is 2. The maximum atomic E-state index is 12.3. The molecular weight excluding hydrogens is 325 g/mol. The zero-order chi connectivity index (χ0) is 16.9. The number of thioether (sulfide) groups is 1. The van der Waals surface area contributed by atoms with Crippen LogP contribution in [0.4, 0.5) is 18.0 Å². The van der Waals surface area contributed by atoms with E-state index in [1.54, 1.807) is 13.8 Å². The van der Waals surface area contributed by atoms with E-state index in [9.17, 15) is 22.8 Å². The van der Waals surface area contributed by atoms with Gasteiger partial charge in [-0.05, 0) is 31.2 Å². The number of hydrogen-bond donors (Lipinski definition) is 2. The number of rotatable bonds is 5. The molecule has 3 amide bonds. The molecular formula is C10H15F3N6O2S. The standard InChI is InChI=1S/C10H15F3N6O2S/c1-5(2)14-8(21)15-7(20)6(3)22-9-16-17-18-19(9)4-10(11,12)13/h5-6H,4H2,1-3H3,(H2,14,15,20,21)/t6-/m0/s1. The number of alkyl halides is 3. The topological polar surface area (TPSA) is 102 Å². The van der Waals surface area contributed by atoms with Crippen LogP contribution in [-0.4, -0.2) is 49.6 Å². The van der Waals surface area contributed by atoms with E-state index >= 15 is 0 Å². The molecule has 0 saturated heterocycles. The van der Waals surface area contributed by atoms with Crippen molar-refractivity contribution in [1.82, 2.24) is 30.8 Å². The molecule has 0 fully saturated rings. The Balaban J connectivity index is 2.61. The third-order valence-electron chi connectivity index (χ3n) is 2.14. The van der Waals surface area contributed by atoms with Gasteiger partial charge >= 0.3 is 12.2 Å². The van der Waals surface area contributed by atoms with Crippen molar-refractivity contribution >= 4 is 23.7 Å². The molecule has 2 N–H and O–H groups in total. The minimum atomic E-state index is -4.48. The molecule has 22 heavy (non-hydrogen) atoms. The molecule has 1 heterocycles. The summed E-state index contributed by atoms with van der Waals surface area (Å²) in [5, 5.41) is 13.3. The number of aromatic nitrogens is 4. The summed E-state index contributed by atoms with van der Waals surface area (Å²) in [6.45, 7) is 3.50. The third kappa shape index (κ3) is 6.28. The number of carbonyl (C=O) groups excluding carboxylic acids is 2. The highest BCUT2D eigenvalue weighted by molar-refractivity contribution is 8.00. The molecule has 0 aliphatic carbocycles. The second-order valence-corrected chi connectivity index (χ2v) is 5.92. The zero-order valence-corrected chi connectivity index (χ0v) is 12.8. The van der Waals surface area contributed by atoms with Crippen molar-refractivity contribution in [3.8, 4) is 0 Å². The van der Waals surface area contributed by atoms with Crippen molar-refractivity contribution in [3.63, 3.8) is 0 Å². The Morgan fingerprint density at radius 3 is 2.50 bits per heavy atom. The largest absolute Gasteiger partial charge is 0.408 e. The lowest BCUT2D eigenvalue weighted by molar-refractivity contribution is -0.144. The van der Waals surface area contributed by atoms with Crippen LogP contribution in [0.1, 0.15) is 20.8 Å². The first-order valence-corrected chi connectivity index (χ1v) is 7.07. The van der Waals surface area contributed by atoms with Gasteiger partial charge in [0.25, 0.3) is 0 Å². The number of nitrogens with one attached hydrogen (secondary N) is 2. The van der Waals surface area contributed by atoms with Crippen molar-refractivity contribution in [2.75, 3.05) is 0 Å². The number of tetrazole rings is 1. The minimum Gasteiger partial charge on any atom is -0.336 e. The summed E-state index contributed by atoms with van der Waals surface area (Å²) < 4.78 is 37.5. The van der Waals surface area contributed by atoms with Crippen LogP contribution in [0.2, 0.25) is 0 Å². The Labute approximate surface area is 128 Å². The predicted octanol–water partition coefficient (Wildman–Crippen LogP) is 0.950. The maximum Gasteiger partial charge on any atom is 0.408 e. The highest BCUT2D eigenvalue weighted by atomic mass is 32.2. The van der Waals surface area contributed by atoms with E-state index < -0.39 is 29.9 Å². The van der Waals surface area contributed by atoms with E-state index in [0.717, 1.165) is 11.8 Å². The highest BCUT2D eigenvalue weighted by Crippen LogP contribution is 2.23. The monoisotopic (exact) mass is 340 g/mol. The lowest BCUT2D eigenvalue weighted by atomic mass is 10.4. The third-order valence-corrected chi connectivity index (χ3v) is 3.21. The molecule has 0 radical (unpaired) electrons. The smallest absolute Gasteiger partial charge is 0.336 e. The molecule has 1 atom stereocenters. The Morgan fingerprint density at radius 1 is 1.32 bits per heavy atom. The van der Waals surface area contributed by atoms with E-state index in [0.29, 0.717) is 4.68 Å². The number of hydrogen-bond acceptors (Lipinski definition) is 6. The van der Waals surface area contributed by atoms with Crippen LogP contribution < -0.4 is 10.6 Å². The molecule has 1 aromatic heterocycles. The van der Waals surface area contributed by atoms with Gasteiger partial charge in [0.1, 0.15) is 6.54 Å².